The minimum Gasteiger partial charge on any atom is -0.494 e. The van der Waals surface area contributed by atoms with Gasteiger partial charge in [-0.1, -0.05) is 12.1 Å². The van der Waals surface area contributed by atoms with Crippen LogP contribution in [0.2, 0.25) is 0 Å². The van der Waals surface area contributed by atoms with Gasteiger partial charge in [-0.2, -0.15) is 0 Å². The first-order valence-corrected chi connectivity index (χ1v) is 7.36. The molecule has 1 aromatic carbocycles. The van der Waals surface area contributed by atoms with Crippen LogP contribution in [0.4, 0.5) is 5.69 Å². The average molecular weight is 306 g/mol. The number of rotatable bonds is 4. The summed E-state index contributed by atoms with van der Waals surface area (Å²) in [6, 6.07) is 11.0. The van der Waals surface area contributed by atoms with Crippen LogP contribution in [0.1, 0.15) is 16.6 Å². The van der Waals surface area contributed by atoms with Gasteiger partial charge in [-0.25, -0.2) is 0 Å². The molecule has 1 amide bonds. The smallest absolute Gasteiger partial charge is 0.267 e. The van der Waals surface area contributed by atoms with Gasteiger partial charge in [0.1, 0.15) is 5.75 Å². The lowest BCUT2D eigenvalue weighted by Gasteiger charge is -2.10. The molecule has 1 aromatic heterocycles. The van der Waals surface area contributed by atoms with Crippen molar-refractivity contribution in [2.24, 2.45) is 0 Å². The Bertz CT molecular complexity index is 597. The largest absolute Gasteiger partial charge is 0.494 e. The molecule has 6 heteroatoms. The third kappa shape index (κ3) is 4.04. The standard InChI is InChI=1S/C14H14N2O2S2/c1-2-18-11-6-3-5-10(9-11)15-14(19)16-13(17)12-7-4-8-20-12/h3-9H,2H2,1H3,(H2,15,16,17,19). The minimum atomic E-state index is -0.210. The average Bonchev–Trinajstić information content (AvgIpc) is 2.93. The maximum Gasteiger partial charge on any atom is 0.267 e. The lowest BCUT2D eigenvalue weighted by Crippen LogP contribution is -2.33. The molecule has 0 saturated carbocycles. The number of benzene rings is 1. The van der Waals surface area contributed by atoms with Crippen LogP contribution in [0.15, 0.2) is 41.8 Å². The second-order valence-corrected chi connectivity index (χ2v) is 5.20. The number of hydrogen-bond donors (Lipinski definition) is 2. The molecule has 1 heterocycles. The van der Waals surface area contributed by atoms with Gasteiger partial charge in [0.05, 0.1) is 11.5 Å². The quantitative estimate of drug-likeness (QED) is 0.851. The van der Waals surface area contributed by atoms with E-state index >= 15 is 0 Å². The highest BCUT2D eigenvalue weighted by atomic mass is 32.1. The van der Waals surface area contributed by atoms with Crippen molar-refractivity contribution < 1.29 is 9.53 Å². The first-order chi connectivity index (χ1) is 9.69. The summed E-state index contributed by atoms with van der Waals surface area (Å²) < 4.78 is 5.40. The molecule has 0 fully saturated rings. The number of anilines is 1. The van der Waals surface area contributed by atoms with Crippen LogP contribution in [0.3, 0.4) is 0 Å². The first-order valence-electron chi connectivity index (χ1n) is 6.07. The maximum absolute atomic E-state index is 11.8. The predicted octanol–water partition coefficient (Wildman–Crippen LogP) is 3.27. The van der Waals surface area contributed by atoms with Gasteiger partial charge in [0.25, 0.3) is 5.91 Å². The zero-order valence-corrected chi connectivity index (χ0v) is 12.5. The molecule has 0 bridgehead atoms. The van der Waals surface area contributed by atoms with E-state index in [9.17, 15) is 4.79 Å². The van der Waals surface area contributed by atoms with Crippen LogP contribution in [-0.4, -0.2) is 17.6 Å². The molecule has 2 rings (SSSR count). The van der Waals surface area contributed by atoms with E-state index in [1.165, 1.54) is 11.3 Å². The fourth-order valence-corrected chi connectivity index (χ4v) is 2.39. The van der Waals surface area contributed by atoms with E-state index in [-0.39, 0.29) is 11.0 Å². The van der Waals surface area contributed by atoms with Gasteiger partial charge >= 0.3 is 0 Å². The van der Waals surface area contributed by atoms with Crippen molar-refractivity contribution in [2.45, 2.75) is 6.92 Å². The number of thiophene rings is 1. The van der Waals surface area contributed by atoms with E-state index in [0.717, 1.165) is 11.4 Å². The molecule has 0 atom stereocenters. The van der Waals surface area contributed by atoms with Crippen LogP contribution in [0.5, 0.6) is 5.75 Å². The Morgan fingerprint density at radius 1 is 1.35 bits per heavy atom. The maximum atomic E-state index is 11.8. The molecule has 0 saturated heterocycles. The van der Waals surface area contributed by atoms with Crippen molar-refractivity contribution in [2.75, 3.05) is 11.9 Å². The van der Waals surface area contributed by atoms with E-state index < -0.39 is 0 Å². The third-order valence-corrected chi connectivity index (χ3v) is 3.45. The number of nitrogens with one attached hydrogen (secondary N) is 2. The Morgan fingerprint density at radius 3 is 2.90 bits per heavy atom. The molecular weight excluding hydrogens is 292 g/mol. The summed E-state index contributed by atoms with van der Waals surface area (Å²) in [6.45, 7) is 2.52. The summed E-state index contributed by atoms with van der Waals surface area (Å²) in [5.74, 6) is 0.545. The van der Waals surface area contributed by atoms with E-state index in [1.807, 2.05) is 42.6 Å². The normalized spacial score (nSPS) is 9.85. The summed E-state index contributed by atoms with van der Waals surface area (Å²) >= 11 is 6.48. The predicted molar refractivity (Wildman–Crippen MR) is 85.6 cm³/mol. The molecule has 104 valence electrons. The van der Waals surface area contributed by atoms with Gasteiger partial charge in [-0.05, 0) is 42.7 Å². The summed E-state index contributed by atoms with van der Waals surface area (Å²) in [7, 11) is 0. The highest BCUT2D eigenvalue weighted by molar-refractivity contribution is 7.80. The number of thiocarbonyl (C=S) groups is 1. The number of carbonyl (C=O) groups excluding carboxylic acids is 1. The second-order valence-electron chi connectivity index (χ2n) is 3.85. The topological polar surface area (TPSA) is 50.4 Å². The number of hydrogen-bond acceptors (Lipinski definition) is 4. The fourth-order valence-electron chi connectivity index (χ4n) is 1.57. The van der Waals surface area contributed by atoms with Crippen LogP contribution >= 0.6 is 23.6 Å². The highest BCUT2D eigenvalue weighted by Crippen LogP contribution is 2.17. The van der Waals surface area contributed by atoms with Crippen molar-refractivity contribution in [1.82, 2.24) is 5.32 Å². The third-order valence-electron chi connectivity index (χ3n) is 2.37. The van der Waals surface area contributed by atoms with Gasteiger partial charge in [0.2, 0.25) is 0 Å². The second kappa shape index (κ2) is 7.02. The molecule has 2 N–H and O–H groups in total. The Hall–Kier alpha value is -1.92. The minimum absolute atomic E-state index is 0.210. The van der Waals surface area contributed by atoms with Crippen molar-refractivity contribution in [3.63, 3.8) is 0 Å². The molecular formula is C14H14N2O2S2. The summed E-state index contributed by atoms with van der Waals surface area (Å²) in [4.78, 5) is 12.4. The van der Waals surface area contributed by atoms with Gasteiger partial charge in [0, 0.05) is 11.8 Å². The monoisotopic (exact) mass is 306 g/mol. The lowest BCUT2D eigenvalue weighted by atomic mass is 10.3. The number of carbonyl (C=O) groups is 1. The highest BCUT2D eigenvalue weighted by Gasteiger charge is 2.08. The summed E-state index contributed by atoms with van der Waals surface area (Å²) in [5, 5.41) is 7.70. The van der Waals surface area contributed by atoms with Crippen LogP contribution < -0.4 is 15.4 Å². The van der Waals surface area contributed by atoms with E-state index in [1.54, 1.807) is 6.07 Å². The summed E-state index contributed by atoms with van der Waals surface area (Å²) in [6.07, 6.45) is 0. The molecule has 2 aromatic rings. The first kappa shape index (κ1) is 14.5. The summed E-state index contributed by atoms with van der Waals surface area (Å²) in [5.41, 5.74) is 0.771. The SMILES string of the molecule is CCOc1cccc(NC(=S)NC(=O)c2cccs2)c1. The van der Waals surface area contributed by atoms with Crippen LogP contribution in [0.25, 0.3) is 0 Å². The molecule has 0 unspecified atom stereocenters. The Labute approximate surface area is 126 Å². The van der Waals surface area contributed by atoms with Crippen molar-refractivity contribution >= 4 is 40.3 Å². The van der Waals surface area contributed by atoms with E-state index in [4.69, 9.17) is 17.0 Å². The molecule has 0 radical (unpaired) electrons. The van der Waals surface area contributed by atoms with Crippen molar-refractivity contribution in [3.8, 4) is 5.75 Å². The molecule has 0 aliphatic carbocycles. The lowest BCUT2D eigenvalue weighted by molar-refractivity contribution is 0.0981. The van der Waals surface area contributed by atoms with Gasteiger partial charge < -0.3 is 10.1 Å². The van der Waals surface area contributed by atoms with Crippen LogP contribution in [-0.2, 0) is 0 Å². The number of ether oxygens (including phenoxy) is 1. The van der Waals surface area contributed by atoms with Crippen molar-refractivity contribution in [3.05, 3.63) is 46.7 Å². The number of amides is 1. The molecule has 0 aliphatic heterocycles. The Kier molecular flexibility index (Phi) is 5.09. The molecule has 4 nitrogen and oxygen atoms in total. The van der Waals surface area contributed by atoms with Crippen LogP contribution in [0, 0.1) is 0 Å². The van der Waals surface area contributed by atoms with Gasteiger partial charge in [-0.3, -0.25) is 10.1 Å². The Balaban J connectivity index is 1.94. The molecule has 0 spiro atoms. The van der Waals surface area contributed by atoms with Gasteiger partial charge in [-0.15, -0.1) is 11.3 Å². The van der Waals surface area contributed by atoms with Crippen molar-refractivity contribution in [1.29, 1.82) is 0 Å². The zero-order valence-electron chi connectivity index (χ0n) is 10.9. The Morgan fingerprint density at radius 2 is 2.20 bits per heavy atom. The fraction of sp³-hybridized carbons (Fsp3) is 0.143. The van der Waals surface area contributed by atoms with E-state index in [2.05, 4.69) is 10.6 Å². The molecule has 0 aliphatic rings. The zero-order chi connectivity index (χ0) is 14.4. The molecule has 20 heavy (non-hydrogen) atoms. The van der Waals surface area contributed by atoms with E-state index in [0.29, 0.717) is 11.5 Å². The van der Waals surface area contributed by atoms with Gasteiger partial charge in [0.15, 0.2) is 5.11 Å².